The van der Waals surface area contributed by atoms with Crippen molar-refractivity contribution in [2.45, 2.75) is 92.9 Å². The summed E-state index contributed by atoms with van der Waals surface area (Å²) in [6, 6.07) is 0. The van der Waals surface area contributed by atoms with Gasteiger partial charge in [0.05, 0.1) is 0 Å². The van der Waals surface area contributed by atoms with Crippen molar-refractivity contribution < 1.29 is 19.1 Å². The second kappa shape index (κ2) is 17.7. The Bertz CT molecular complexity index is 571. The van der Waals surface area contributed by atoms with Crippen LogP contribution in [0.25, 0.3) is 0 Å². The van der Waals surface area contributed by atoms with Gasteiger partial charge in [-0.2, -0.15) is 0 Å². The molecule has 0 atom stereocenters. The number of unbranched alkanes of at least 4 members (excludes halogenated alkanes) is 1. The lowest BCUT2D eigenvalue weighted by molar-refractivity contribution is -0.144. The van der Waals surface area contributed by atoms with Crippen molar-refractivity contribution in [2.75, 3.05) is 13.2 Å². The van der Waals surface area contributed by atoms with Crippen LogP contribution in [-0.2, 0) is 19.1 Å². The molecule has 0 aromatic carbocycles. The molecule has 0 amide bonds. The SMILES string of the molecule is CC(C)=CCC/C(C)=C\COC(=O)CCCCC(=O)OC/C=C(\C)CCC=C(C)C. The Labute approximate surface area is 184 Å². The molecule has 0 spiro atoms. The zero-order valence-electron chi connectivity index (χ0n) is 20.0. The van der Waals surface area contributed by atoms with Gasteiger partial charge >= 0.3 is 11.9 Å². The minimum absolute atomic E-state index is 0.216. The van der Waals surface area contributed by atoms with Crippen molar-refractivity contribution in [3.05, 3.63) is 46.6 Å². The Morgan fingerprint density at radius 3 is 1.27 bits per heavy atom. The molecule has 170 valence electrons. The van der Waals surface area contributed by atoms with Gasteiger partial charge in [-0.3, -0.25) is 9.59 Å². The van der Waals surface area contributed by atoms with E-state index in [1.807, 2.05) is 12.2 Å². The highest BCUT2D eigenvalue weighted by atomic mass is 16.5. The predicted octanol–water partition coefficient (Wildman–Crippen LogP) is 7.02. The summed E-state index contributed by atoms with van der Waals surface area (Å²) in [5.41, 5.74) is 5.09. The van der Waals surface area contributed by atoms with E-state index in [4.69, 9.17) is 9.47 Å². The molecule has 0 fully saturated rings. The van der Waals surface area contributed by atoms with E-state index in [-0.39, 0.29) is 11.9 Å². The highest BCUT2D eigenvalue weighted by molar-refractivity contribution is 5.70. The fraction of sp³-hybridized carbons (Fsp3) is 0.615. The number of carbonyl (C=O) groups is 2. The Balaban J connectivity index is 3.80. The van der Waals surface area contributed by atoms with E-state index in [1.165, 1.54) is 22.3 Å². The first-order valence-corrected chi connectivity index (χ1v) is 11.1. The average molecular weight is 419 g/mol. The lowest BCUT2D eigenvalue weighted by atomic mass is 10.1. The maximum atomic E-state index is 11.8. The van der Waals surface area contributed by atoms with Gasteiger partial charge in [-0.15, -0.1) is 0 Å². The van der Waals surface area contributed by atoms with E-state index in [0.29, 0.717) is 38.9 Å². The zero-order chi connectivity index (χ0) is 22.8. The first kappa shape index (κ1) is 27.9. The fourth-order valence-electron chi connectivity index (χ4n) is 2.62. The number of rotatable bonds is 15. The van der Waals surface area contributed by atoms with Crippen LogP contribution in [0.2, 0.25) is 0 Å². The number of hydrogen-bond donors (Lipinski definition) is 0. The Morgan fingerprint density at radius 1 is 0.567 bits per heavy atom. The van der Waals surface area contributed by atoms with Crippen molar-refractivity contribution in [3.63, 3.8) is 0 Å². The van der Waals surface area contributed by atoms with Crippen molar-refractivity contribution in [2.24, 2.45) is 0 Å². The van der Waals surface area contributed by atoms with Gasteiger partial charge in [-0.25, -0.2) is 0 Å². The van der Waals surface area contributed by atoms with E-state index in [1.54, 1.807) is 0 Å². The minimum Gasteiger partial charge on any atom is -0.461 e. The molecule has 0 aliphatic heterocycles. The second-order valence-electron chi connectivity index (χ2n) is 8.31. The van der Waals surface area contributed by atoms with E-state index in [0.717, 1.165) is 25.7 Å². The largest absolute Gasteiger partial charge is 0.461 e. The third kappa shape index (κ3) is 19.2. The fourth-order valence-corrected chi connectivity index (χ4v) is 2.62. The molecule has 0 aliphatic carbocycles. The van der Waals surface area contributed by atoms with Crippen molar-refractivity contribution in [1.82, 2.24) is 0 Å². The molecule has 0 aliphatic rings. The Kier molecular flexibility index (Phi) is 16.5. The van der Waals surface area contributed by atoms with Crippen LogP contribution >= 0.6 is 0 Å². The van der Waals surface area contributed by atoms with Crippen LogP contribution in [0.1, 0.15) is 92.9 Å². The van der Waals surface area contributed by atoms with Crippen LogP contribution in [0.15, 0.2) is 46.6 Å². The minimum atomic E-state index is -0.216. The van der Waals surface area contributed by atoms with Gasteiger partial charge in [0.15, 0.2) is 0 Å². The van der Waals surface area contributed by atoms with Gasteiger partial charge in [-0.1, -0.05) is 34.4 Å². The Hall–Kier alpha value is -2.10. The summed E-state index contributed by atoms with van der Waals surface area (Å²) in [6.45, 7) is 13.1. The standard InChI is InChI=1S/C26H42O4/c1-21(2)11-9-13-23(5)17-19-29-25(27)15-7-8-16-26(28)30-20-18-24(6)14-10-12-22(3)4/h11-12,17-18H,7-10,13-16,19-20H2,1-6H3/b23-17-,24-18+. The van der Waals surface area contributed by atoms with Gasteiger partial charge in [0.1, 0.15) is 13.2 Å². The monoisotopic (exact) mass is 418 g/mol. The van der Waals surface area contributed by atoms with Gasteiger partial charge in [0.2, 0.25) is 0 Å². The van der Waals surface area contributed by atoms with Gasteiger partial charge in [0.25, 0.3) is 0 Å². The molecule has 30 heavy (non-hydrogen) atoms. The van der Waals surface area contributed by atoms with Crippen LogP contribution in [0.4, 0.5) is 0 Å². The van der Waals surface area contributed by atoms with E-state index >= 15 is 0 Å². The second-order valence-corrected chi connectivity index (χ2v) is 8.31. The van der Waals surface area contributed by atoms with Crippen molar-refractivity contribution >= 4 is 11.9 Å². The van der Waals surface area contributed by atoms with Crippen LogP contribution < -0.4 is 0 Å². The van der Waals surface area contributed by atoms with E-state index in [9.17, 15) is 9.59 Å². The van der Waals surface area contributed by atoms with Crippen LogP contribution in [0.3, 0.4) is 0 Å². The van der Waals surface area contributed by atoms with Crippen LogP contribution in [0.5, 0.6) is 0 Å². The zero-order valence-corrected chi connectivity index (χ0v) is 20.0. The quantitative estimate of drug-likeness (QED) is 0.163. The molecule has 0 bridgehead atoms. The maximum Gasteiger partial charge on any atom is 0.306 e. The number of ether oxygens (including phenoxy) is 2. The molecule has 0 heterocycles. The molecular weight excluding hydrogens is 376 g/mol. The topological polar surface area (TPSA) is 52.6 Å². The lowest BCUT2D eigenvalue weighted by Crippen LogP contribution is -2.07. The summed E-state index contributed by atoms with van der Waals surface area (Å²) < 4.78 is 10.5. The first-order chi connectivity index (χ1) is 14.2. The molecule has 0 rings (SSSR count). The summed E-state index contributed by atoms with van der Waals surface area (Å²) in [5, 5.41) is 0. The molecular formula is C26H42O4. The molecule has 0 saturated carbocycles. The number of hydrogen-bond acceptors (Lipinski definition) is 4. The van der Waals surface area contributed by atoms with E-state index < -0.39 is 0 Å². The normalized spacial score (nSPS) is 11.7. The summed E-state index contributed by atoms with van der Waals surface area (Å²) in [6.07, 6.45) is 14.3. The number of allylic oxidation sites excluding steroid dienone is 6. The smallest absolute Gasteiger partial charge is 0.306 e. The summed E-state index contributed by atoms with van der Waals surface area (Å²) in [7, 11) is 0. The predicted molar refractivity (Wildman–Crippen MR) is 125 cm³/mol. The highest BCUT2D eigenvalue weighted by Crippen LogP contribution is 2.08. The maximum absolute atomic E-state index is 11.8. The van der Waals surface area contributed by atoms with Crippen LogP contribution in [0, 0.1) is 0 Å². The number of carbonyl (C=O) groups excluding carboxylic acids is 2. The van der Waals surface area contributed by atoms with Crippen LogP contribution in [-0.4, -0.2) is 25.2 Å². The average Bonchev–Trinajstić information content (AvgIpc) is 2.64. The first-order valence-electron chi connectivity index (χ1n) is 11.1. The Morgan fingerprint density at radius 2 is 0.933 bits per heavy atom. The van der Waals surface area contributed by atoms with Gasteiger partial charge in [-0.05, 0) is 92.2 Å². The summed E-state index contributed by atoms with van der Waals surface area (Å²) in [5.74, 6) is -0.432. The van der Waals surface area contributed by atoms with Gasteiger partial charge < -0.3 is 9.47 Å². The third-order valence-electron chi connectivity index (χ3n) is 4.55. The van der Waals surface area contributed by atoms with Crippen molar-refractivity contribution in [3.8, 4) is 0 Å². The highest BCUT2D eigenvalue weighted by Gasteiger charge is 2.05. The van der Waals surface area contributed by atoms with E-state index in [2.05, 4.69) is 53.7 Å². The number of esters is 2. The third-order valence-corrected chi connectivity index (χ3v) is 4.55. The summed E-state index contributed by atoms with van der Waals surface area (Å²) in [4.78, 5) is 23.5. The lowest BCUT2D eigenvalue weighted by Gasteiger charge is -2.05. The summed E-state index contributed by atoms with van der Waals surface area (Å²) >= 11 is 0. The molecule has 0 saturated heterocycles. The molecule has 4 nitrogen and oxygen atoms in total. The molecule has 0 aromatic heterocycles. The molecule has 0 N–H and O–H groups in total. The molecule has 0 radical (unpaired) electrons. The van der Waals surface area contributed by atoms with Gasteiger partial charge in [0, 0.05) is 12.8 Å². The molecule has 4 heteroatoms. The van der Waals surface area contributed by atoms with Crippen molar-refractivity contribution in [1.29, 1.82) is 0 Å². The molecule has 0 unspecified atom stereocenters. The molecule has 0 aromatic rings.